The number of carboxylic acids is 1. The van der Waals surface area contributed by atoms with Gasteiger partial charge in [0.2, 0.25) is 0 Å². The molecule has 0 spiro atoms. The average Bonchev–Trinajstić information content (AvgIpc) is 2.41. The Hall–Kier alpha value is -1.62. The van der Waals surface area contributed by atoms with Crippen molar-refractivity contribution in [3.63, 3.8) is 0 Å². The zero-order valence-corrected chi connectivity index (χ0v) is 10.6. The molecule has 0 aliphatic carbocycles. The molecule has 0 atom stereocenters. The Morgan fingerprint density at radius 3 is 2.89 bits per heavy atom. The number of pyridine rings is 1. The van der Waals surface area contributed by atoms with Crippen LogP contribution < -0.4 is 10.2 Å². The van der Waals surface area contributed by atoms with Crippen molar-refractivity contribution in [2.75, 3.05) is 24.5 Å². The van der Waals surface area contributed by atoms with E-state index < -0.39 is 5.97 Å². The summed E-state index contributed by atoms with van der Waals surface area (Å²) in [6, 6.07) is 2.21. The van der Waals surface area contributed by atoms with Crippen molar-refractivity contribution in [2.24, 2.45) is 0 Å². The van der Waals surface area contributed by atoms with Gasteiger partial charge in [-0.3, -0.25) is 4.98 Å². The van der Waals surface area contributed by atoms with Crippen LogP contribution >= 0.6 is 0 Å². The quantitative estimate of drug-likeness (QED) is 0.843. The zero-order chi connectivity index (χ0) is 13.0. The molecule has 0 bridgehead atoms. The summed E-state index contributed by atoms with van der Waals surface area (Å²) in [7, 11) is 0. The molecule has 0 saturated carbocycles. The highest BCUT2D eigenvalue weighted by Gasteiger charge is 2.23. The van der Waals surface area contributed by atoms with Gasteiger partial charge in [0, 0.05) is 25.0 Å². The minimum absolute atomic E-state index is 0.290. The van der Waals surface area contributed by atoms with E-state index in [1.807, 2.05) is 0 Å². The Balaban J connectivity index is 2.28. The summed E-state index contributed by atoms with van der Waals surface area (Å²) in [5.41, 5.74) is 1.07. The van der Waals surface area contributed by atoms with Gasteiger partial charge in [-0.15, -0.1) is 0 Å². The highest BCUT2D eigenvalue weighted by molar-refractivity contribution is 5.94. The number of aromatic carboxylic acids is 1. The molecule has 2 heterocycles. The Labute approximate surface area is 107 Å². The van der Waals surface area contributed by atoms with Crippen molar-refractivity contribution in [3.8, 4) is 0 Å². The normalized spacial score (nSPS) is 16.5. The van der Waals surface area contributed by atoms with Gasteiger partial charge in [0.05, 0.1) is 5.69 Å². The molecular formula is C13H19N3O2. The smallest absolute Gasteiger partial charge is 0.339 e. The first-order chi connectivity index (χ1) is 8.74. The molecule has 1 aliphatic rings. The highest BCUT2D eigenvalue weighted by Crippen LogP contribution is 2.24. The molecule has 2 N–H and O–H groups in total. The molecule has 5 heteroatoms. The average molecular weight is 249 g/mol. The number of piperidine rings is 1. The molecule has 1 fully saturated rings. The van der Waals surface area contributed by atoms with Crippen molar-refractivity contribution < 1.29 is 9.90 Å². The maximum atomic E-state index is 11.2. The van der Waals surface area contributed by atoms with Crippen molar-refractivity contribution in [2.45, 2.75) is 25.8 Å². The van der Waals surface area contributed by atoms with E-state index in [1.54, 1.807) is 12.3 Å². The van der Waals surface area contributed by atoms with Crippen LogP contribution in [0.4, 0.5) is 5.69 Å². The van der Waals surface area contributed by atoms with E-state index in [9.17, 15) is 9.90 Å². The summed E-state index contributed by atoms with van der Waals surface area (Å²) in [6.07, 6.45) is 5.19. The van der Waals surface area contributed by atoms with Crippen LogP contribution in [-0.2, 0) is 0 Å². The van der Waals surface area contributed by atoms with Crippen LogP contribution in [0.5, 0.6) is 0 Å². The lowest BCUT2D eigenvalue weighted by molar-refractivity contribution is 0.0697. The number of anilines is 1. The molecule has 0 amide bonds. The number of hydrogen-bond acceptors (Lipinski definition) is 4. The van der Waals surface area contributed by atoms with E-state index in [4.69, 9.17) is 0 Å². The number of carbonyl (C=O) groups is 1. The fourth-order valence-corrected chi connectivity index (χ4v) is 2.55. The van der Waals surface area contributed by atoms with Crippen LogP contribution in [0.25, 0.3) is 0 Å². The minimum atomic E-state index is -0.912. The summed E-state index contributed by atoms with van der Waals surface area (Å²) in [5.74, 6) is -0.912. The summed E-state index contributed by atoms with van der Waals surface area (Å²) in [6.45, 7) is 4.87. The van der Waals surface area contributed by atoms with E-state index in [-0.39, 0.29) is 5.56 Å². The van der Waals surface area contributed by atoms with Crippen LogP contribution in [0.1, 0.15) is 30.1 Å². The lowest BCUT2D eigenvalue weighted by Crippen LogP contribution is -2.43. The van der Waals surface area contributed by atoms with E-state index in [1.165, 1.54) is 6.20 Å². The van der Waals surface area contributed by atoms with Gasteiger partial charge in [0.15, 0.2) is 0 Å². The zero-order valence-electron chi connectivity index (χ0n) is 10.6. The second-order valence-electron chi connectivity index (χ2n) is 4.47. The second kappa shape index (κ2) is 5.82. The number of rotatable bonds is 4. The van der Waals surface area contributed by atoms with E-state index in [0.29, 0.717) is 6.04 Å². The van der Waals surface area contributed by atoms with Gasteiger partial charge in [0.25, 0.3) is 0 Å². The van der Waals surface area contributed by atoms with E-state index in [2.05, 4.69) is 22.1 Å². The van der Waals surface area contributed by atoms with E-state index in [0.717, 1.165) is 38.2 Å². The van der Waals surface area contributed by atoms with Gasteiger partial charge >= 0.3 is 5.97 Å². The summed E-state index contributed by atoms with van der Waals surface area (Å²) >= 11 is 0. The van der Waals surface area contributed by atoms with Gasteiger partial charge in [-0.25, -0.2) is 4.79 Å². The third-order valence-corrected chi connectivity index (χ3v) is 3.43. The van der Waals surface area contributed by atoms with Gasteiger partial charge in [-0.1, -0.05) is 0 Å². The molecule has 98 valence electrons. The fraction of sp³-hybridized carbons (Fsp3) is 0.538. The number of nitrogens with zero attached hydrogens (tertiary/aromatic N) is 2. The van der Waals surface area contributed by atoms with Crippen LogP contribution in [0, 0.1) is 0 Å². The van der Waals surface area contributed by atoms with Crippen molar-refractivity contribution in [1.29, 1.82) is 0 Å². The number of hydrogen-bond donors (Lipinski definition) is 2. The van der Waals surface area contributed by atoms with Gasteiger partial charge in [-0.2, -0.15) is 0 Å². The summed E-state index contributed by atoms with van der Waals surface area (Å²) in [4.78, 5) is 17.3. The Kier molecular flexibility index (Phi) is 4.15. The van der Waals surface area contributed by atoms with Crippen LogP contribution in [0.15, 0.2) is 18.5 Å². The third kappa shape index (κ3) is 2.61. The standard InChI is InChI=1S/C13H19N3O2/c1-2-16(10-3-6-14-7-4-10)12-5-8-15-9-11(12)13(17)18/h5,8-10,14H,2-4,6-7H2,1H3,(H,17,18). The molecular weight excluding hydrogens is 230 g/mol. The highest BCUT2D eigenvalue weighted by atomic mass is 16.4. The Morgan fingerprint density at radius 2 is 2.28 bits per heavy atom. The van der Waals surface area contributed by atoms with Gasteiger partial charge in [0.1, 0.15) is 5.56 Å². The van der Waals surface area contributed by atoms with E-state index >= 15 is 0 Å². The Morgan fingerprint density at radius 1 is 1.56 bits per heavy atom. The van der Waals surface area contributed by atoms with Crippen LogP contribution in [0.3, 0.4) is 0 Å². The largest absolute Gasteiger partial charge is 0.478 e. The predicted molar refractivity (Wildman–Crippen MR) is 70.1 cm³/mol. The first-order valence-corrected chi connectivity index (χ1v) is 6.38. The first kappa shape index (κ1) is 12.8. The molecule has 0 aromatic carbocycles. The summed E-state index contributed by atoms with van der Waals surface area (Å²) in [5, 5.41) is 12.6. The molecule has 0 unspecified atom stereocenters. The van der Waals surface area contributed by atoms with Crippen LogP contribution in [0.2, 0.25) is 0 Å². The lowest BCUT2D eigenvalue weighted by Gasteiger charge is -2.36. The molecule has 5 nitrogen and oxygen atoms in total. The third-order valence-electron chi connectivity index (χ3n) is 3.43. The second-order valence-corrected chi connectivity index (χ2v) is 4.47. The molecule has 0 radical (unpaired) electrons. The molecule has 1 aromatic heterocycles. The molecule has 18 heavy (non-hydrogen) atoms. The predicted octanol–water partition coefficient (Wildman–Crippen LogP) is 1.36. The SMILES string of the molecule is CCN(c1ccncc1C(=O)O)C1CCNCC1. The summed E-state index contributed by atoms with van der Waals surface area (Å²) < 4.78 is 0. The lowest BCUT2D eigenvalue weighted by atomic mass is 10.0. The van der Waals surface area contributed by atoms with Crippen molar-refractivity contribution >= 4 is 11.7 Å². The Bertz CT molecular complexity index is 416. The maximum Gasteiger partial charge on any atom is 0.339 e. The van der Waals surface area contributed by atoms with Crippen molar-refractivity contribution in [3.05, 3.63) is 24.0 Å². The fourth-order valence-electron chi connectivity index (χ4n) is 2.55. The number of carboxylic acid groups (broad SMARTS) is 1. The number of aromatic nitrogens is 1. The number of nitrogens with one attached hydrogen (secondary N) is 1. The van der Waals surface area contributed by atoms with Crippen LogP contribution in [-0.4, -0.2) is 41.7 Å². The van der Waals surface area contributed by atoms with Gasteiger partial charge < -0.3 is 15.3 Å². The van der Waals surface area contributed by atoms with Gasteiger partial charge in [-0.05, 0) is 38.9 Å². The molecule has 1 aliphatic heterocycles. The topological polar surface area (TPSA) is 65.5 Å². The first-order valence-electron chi connectivity index (χ1n) is 6.38. The molecule has 1 saturated heterocycles. The molecule has 2 rings (SSSR count). The molecule has 1 aromatic rings. The minimum Gasteiger partial charge on any atom is -0.478 e. The van der Waals surface area contributed by atoms with Crippen molar-refractivity contribution in [1.82, 2.24) is 10.3 Å². The monoisotopic (exact) mass is 249 g/mol. The maximum absolute atomic E-state index is 11.2.